The fourth-order valence-electron chi connectivity index (χ4n) is 3.00. The van der Waals surface area contributed by atoms with Crippen LogP contribution in [-0.2, 0) is 21.2 Å². The van der Waals surface area contributed by atoms with Crippen LogP contribution in [0, 0.1) is 22.7 Å². The second-order valence-electron chi connectivity index (χ2n) is 7.07. The molecule has 0 fully saturated rings. The standard InChI is InChI=1S/C18H18N6O4S/c1-11(25)24-10-18(2,3)28-16-5-4-12(8-15(16)24)29(26,27)23-17-13(9-20)14(6-7-19)21-22-17/h4-5,8H,6,10H2,1-3H3,(H2,21,22,23). The molecule has 1 amide bonds. The first-order valence-corrected chi connectivity index (χ1v) is 10.0. The number of benzene rings is 1. The van der Waals surface area contributed by atoms with E-state index in [0.717, 1.165) is 0 Å². The summed E-state index contributed by atoms with van der Waals surface area (Å²) in [5.41, 5.74) is -0.113. The number of sulfonamides is 1. The second-order valence-corrected chi connectivity index (χ2v) is 8.76. The lowest BCUT2D eigenvalue weighted by molar-refractivity contribution is -0.117. The molecule has 1 aromatic carbocycles. The number of fused-ring (bicyclic) bond motifs is 1. The van der Waals surface area contributed by atoms with E-state index in [2.05, 4.69) is 14.9 Å². The molecule has 0 saturated heterocycles. The number of aromatic amines is 1. The molecule has 2 N–H and O–H groups in total. The molecule has 1 aliphatic rings. The Morgan fingerprint density at radius 3 is 2.76 bits per heavy atom. The number of carbonyl (C=O) groups is 1. The maximum Gasteiger partial charge on any atom is 0.263 e. The Bertz CT molecular complexity index is 1170. The van der Waals surface area contributed by atoms with E-state index in [1.165, 1.54) is 30.0 Å². The molecule has 1 aromatic heterocycles. The van der Waals surface area contributed by atoms with Gasteiger partial charge in [-0.2, -0.15) is 15.6 Å². The summed E-state index contributed by atoms with van der Waals surface area (Å²) >= 11 is 0. The highest BCUT2D eigenvalue weighted by Crippen LogP contribution is 2.38. The number of aromatic nitrogens is 2. The molecule has 0 spiro atoms. The zero-order valence-corrected chi connectivity index (χ0v) is 16.8. The van der Waals surface area contributed by atoms with Crippen LogP contribution in [0.4, 0.5) is 11.5 Å². The van der Waals surface area contributed by atoms with E-state index in [1.54, 1.807) is 0 Å². The number of rotatable bonds is 4. The van der Waals surface area contributed by atoms with Crippen molar-refractivity contribution in [3.63, 3.8) is 0 Å². The molecule has 1 aliphatic heterocycles. The van der Waals surface area contributed by atoms with Crippen molar-refractivity contribution in [3.8, 4) is 17.9 Å². The topological polar surface area (TPSA) is 152 Å². The number of nitrogens with one attached hydrogen (secondary N) is 2. The average molecular weight is 414 g/mol. The number of anilines is 2. The van der Waals surface area contributed by atoms with Gasteiger partial charge in [-0.15, -0.1) is 0 Å². The fourth-order valence-corrected chi connectivity index (χ4v) is 4.04. The first-order valence-electron chi connectivity index (χ1n) is 8.56. The van der Waals surface area contributed by atoms with Crippen LogP contribution in [0.15, 0.2) is 23.1 Å². The Kier molecular flexibility index (Phi) is 4.95. The Balaban J connectivity index is 2.00. The quantitative estimate of drug-likeness (QED) is 0.772. The van der Waals surface area contributed by atoms with Gasteiger partial charge in [0.15, 0.2) is 5.82 Å². The molecule has 0 unspecified atom stereocenters. The van der Waals surface area contributed by atoms with Gasteiger partial charge >= 0.3 is 0 Å². The van der Waals surface area contributed by atoms with Crippen LogP contribution < -0.4 is 14.4 Å². The maximum atomic E-state index is 12.8. The third kappa shape index (κ3) is 3.86. The van der Waals surface area contributed by atoms with E-state index in [9.17, 15) is 18.5 Å². The van der Waals surface area contributed by atoms with Gasteiger partial charge in [-0.1, -0.05) is 0 Å². The lowest BCUT2D eigenvalue weighted by Crippen LogP contribution is -2.48. The van der Waals surface area contributed by atoms with Gasteiger partial charge in [0, 0.05) is 6.92 Å². The number of amides is 1. The summed E-state index contributed by atoms with van der Waals surface area (Å²) in [5, 5.41) is 24.3. The molecule has 0 radical (unpaired) electrons. The molecule has 2 heterocycles. The first-order chi connectivity index (χ1) is 13.6. The van der Waals surface area contributed by atoms with Crippen molar-refractivity contribution in [2.75, 3.05) is 16.2 Å². The first kappa shape index (κ1) is 20.2. The maximum absolute atomic E-state index is 12.8. The van der Waals surface area contributed by atoms with Gasteiger partial charge in [-0.05, 0) is 32.0 Å². The van der Waals surface area contributed by atoms with E-state index in [-0.39, 0.29) is 40.8 Å². The highest BCUT2D eigenvalue weighted by Gasteiger charge is 2.34. The molecule has 2 aromatic rings. The van der Waals surface area contributed by atoms with Gasteiger partial charge in [-0.3, -0.25) is 14.6 Å². The normalized spacial score (nSPS) is 14.9. The highest BCUT2D eigenvalue weighted by molar-refractivity contribution is 7.92. The predicted octanol–water partition coefficient (Wildman–Crippen LogP) is 1.67. The third-order valence-corrected chi connectivity index (χ3v) is 5.61. The van der Waals surface area contributed by atoms with Crippen molar-refractivity contribution in [3.05, 3.63) is 29.5 Å². The number of hydrogen-bond donors (Lipinski definition) is 2. The van der Waals surface area contributed by atoms with E-state index >= 15 is 0 Å². The predicted molar refractivity (Wildman–Crippen MR) is 103 cm³/mol. The molecule has 150 valence electrons. The van der Waals surface area contributed by atoms with Crippen molar-refractivity contribution >= 4 is 27.4 Å². The van der Waals surface area contributed by atoms with E-state index in [1.807, 2.05) is 26.0 Å². The summed E-state index contributed by atoms with van der Waals surface area (Å²) in [6, 6.07) is 7.87. The van der Waals surface area contributed by atoms with Crippen LogP contribution in [-0.4, -0.2) is 36.7 Å². The zero-order chi connectivity index (χ0) is 21.4. The van der Waals surface area contributed by atoms with Crippen LogP contribution >= 0.6 is 0 Å². The van der Waals surface area contributed by atoms with Crippen LogP contribution in [0.2, 0.25) is 0 Å². The van der Waals surface area contributed by atoms with E-state index in [4.69, 9.17) is 10.00 Å². The number of hydrogen-bond acceptors (Lipinski definition) is 7. The van der Waals surface area contributed by atoms with Gasteiger partial charge in [0.25, 0.3) is 10.0 Å². The molecule has 0 saturated carbocycles. The second kappa shape index (κ2) is 7.11. The largest absolute Gasteiger partial charge is 0.484 e. The molecule has 10 nitrogen and oxygen atoms in total. The minimum Gasteiger partial charge on any atom is -0.484 e. The molecule has 0 aliphatic carbocycles. The SMILES string of the molecule is CC(=O)N1CC(C)(C)Oc2ccc(S(=O)(=O)Nc3n[nH]c(CC#N)c3C#N)cc21. The van der Waals surface area contributed by atoms with Gasteiger partial charge in [-0.25, -0.2) is 8.42 Å². The third-order valence-electron chi connectivity index (χ3n) is 4.28. The molecule has 0 atom stereocenters. The molecule has 3 rings (SSSR count). The molecule has 11 heteroatoms. The van der Waals surface area contributed by atoms with Crippen LogP contribution in [0.5, 0.6) is 5.75 Å². The lowest BCUT2D eigenvalue weighted by Gasteiger charge is -2.39. The highest BCUT2D eigenvalue weighted by atomic mass is 32.2. The summed E-state index contributed by atoms with van der Waals surface area (Å²) < 4.78 is 33.8. The van der Waals surface area contributed by atoms with Crippen LogP contribution in [0.3, 0.4) is 0 Å². The van der Waals surface area contributed by atoms with Crippen molar-refractivity contribution in [2.24, 2.45) is 0 Å². The summed E-state index contributed by atoms with van der Waals surface area (Å²) in [5.74, 6) is -0.0502. The Labute approximate surface area is 167 Å². The lowest BCUT2D eigenvalue weighted by atomic mass is 10.1. The Morgan fingerprint density at radius 2 is 2.14 bits per heavy atom. The summed E-state index contributed by atoms with van der Waals surface area (Å²) in [7, 11) is -4.12. The number of ether oxygens (including phenoxy) is 1. The summed E-state index contributed by atoms with van der Waals surface area (Å²) in [6.45, 7) is 5.32. The van der Waals surface area contributed by atoms with E-state index in [0.29, 0.717) is 11.4 Å². The Morgan fingerprint density at radius 1 is 1.41 bits per heavy atom. The van der Waals surface area contributed by atoms with Crippen molar-refractivity contribution in [1.82, 2.24) is 10.2 Å². The van der Waals surface area contributed by atoms with Crippen LogP contribution in [0.1, 0.15) is 32.0 Å². The fraction of sp³-hybridized carbons (Fsp3) is 0.333. The molecular formula is C18H18N6O4S. The van der Waals surface area contributed by atoms with Crippen LogP contribution in [0.25, 0.3) is 0 Å². The zero-order valence-electron chi connectivity index (χ0n) is 16.0. The van der Waals surface area contributed by atoms with E-state index < -0.39 is 15.6 Å². The van der Waals surface area contributed by atoms with Gasteiger partial charge in [0.2, 0.25) is 5.91 Å². The van der Waals surface area contributed by atoms with Gasteiger partial charge in [0.1, 0.15) is 23.0 Å². The van der Waals surface area contributed by atoms with Crippen molar-refractivity contribution < 1.29 is 17.9 Å². The number of carbonyl (C=O) groups excluding carboxylic acids is 1. The Hall–Kier alpha value is -3.57. The summed E-state index contributed by atoms with van der Waals surface area (Å²) in [6.07, 6.45) is -0.114. The molecule has 29 heavy (non-hydrogen) atoms. The van der Waals surface area contributed by atoms with Crippen molar-refractivity contribution in [1.29, 1.82) is 10.5 Å². The minimum absolute atomic E-state index is 0.0523. The molecular weight excluding hydrogens is 396 g/mol. The minimum atomic E-state index is -4.12. The average Bonchev–Trinajstić information content (AvgIpc) is 3.00. The van der Waals surface area contributed by atoms with Gasteiger partial charge < -0.3 is 9.64 Å². The van der Waals surface area contributed by atoms with Crippen molar-refractivity contribution in [2.45, 2.75) is 37.7 Å². The number of nitriles is 2. The van der Waals surface area contributed by atoms with Gasteiger partial charge in [0.05, 0.1) is 35.3 Å². The number of nitrogens with zero attached hydrogens (tertiary/aromatic N) is 4. The smallest absolute Gasteiger partial charge is 0.263 e. The number of H-pyrrole nitrogens is 1. The molecule has 0 bridgehead atoms. The monoisotopic (exact) mass is 414 g/mol. The summed E-state index contributed by atoms with van der Waals surface area (Å²) in [4.78, 5) is 13.4.